The number of rotatable bonds is 8. The molecule has 33 heavy (non-hydrogen) atoms. The van der Waals surface area contributed by atoms with Crippen LogP contribution in [0.3, 0.4) is 0 Å². The normalized spacial score (nSPS) is 14.2. The number of carbonyl (C=O) groups excluding carboxylic acids is 2. The molecule has 0 bridgehead atoms. The second-order valence-electron chi connectivity index (χ2n) is 7.75. The zero-order valence-corrected chi connectivity index (χ0v) is 18.9. The third-order valence-electron chi connectivity index (χ3n) is 5.80. The number of nitrogens with one attached hydrogen (secondary N) is 1. The first-order valence-corrected chi connectivity index (χ1v) is 11.5. The fourth-order valence-electron chi connectivity index (χ4n) is 4.15. The monoisotopic (exact) mass is 467 g/mol. The zero-order chi connectivity index (χ0) is 23.4. The average molecular weight is 468 g/mol. The lowest BCUT2D eigenvalue weighted by molar-refractivity contribution is 0.0129. The molecule has 3 N–H and O–H groups in total. The van der Waals surface area contributed by atoms with E-state index in [0.717, 1.165) is 33.6 Å². The number of ether oxygens (including phenoxy) is 2. The fourth-order valence-corrected chi connectivity index (χ4v) is 5.00. The molecule has 1 aliphatic carbocycles. The second-order valence-corrected chi connectivity index (χ2v) is 8.67. The number of thiophene rings is 1. The molecule has 1 heterocycles. The molecule has 1 amide bonds. The van der Waals surface area contributed by atoms with Gasteiger partial charge in [-0.15, -0.1) is 11.3 Å². The van der Waals surface area contributed by atoms with E-state index in [0.29, 0.717) is 5.56 Å². The van der Waals surface area contributed by atoms with Crippen molar-refractivity contribution in [2.24, 2.45) is 0 Å². The van der Waals surface area contributed by atoms with Crippen molar-refractivity contribution < 1.29 is 29.3 Å². The molecular formula is C25H25NO6S. The number of esters is 1. The Morgan fingerprint density at radius 3 is 2.30 bits per heavy atom. The summed E-state index contributed by atoms with van der Waals surface area (Å²) in [4.78, 5) is 24.3. The van der Waals surface area contributed by atoms with Crippen molar-refractivity contribution in [3.8, 4) is 11.1 Å². The molecule has 4 rings (SSSR count). The molecule has 8 heteroatoms. The summed E-state index contributed by atoms with van der Waals surface area (Å²) in [6.07, 6.45) is -2.95. The van der Waals surface area contributed by atoms with Gasteiger partial charge < -0.3 is 25.0 Å². The van der Waals surface area contributed by atoms with Gasteiger partial charge in [-0.3, -0.25) is 0 Å². The van der Waals surface area contributed by atoms with Gasteiger partial charge in [0.05, 0.1) is 13.2 Å². The highest BCUT2D eigenvalue weighted by molar-refractivity contribution is 7.12. The summed E-state index contributed by atoms with van der Waals surface area (Å²) in [5, 5.41) is 25.0. The number of fused-ring (bicyclic) bond motifs is 3. The number of methoxy groups -OCH3 is 1. The molecule has 0 saturated heterocycles. The summed E-state index contributed by atoms with van der Waals surface area (Å²) in [5.74, 6) is -0.603. The van der Waals surface area contributed by atoms with Crippen molar-refractivity contribution in [3.63, 3.8) is 0 Å². The highest BCUT2D eigenvalue weighted by Crippen LogP contribution is 2.44. The molecule has 1 aromatic heterocycles. The molecule has 0 saturated carbocycles. The number of aliphatic hydroxyl groups is 2. The number of carbonyl (C=O) groups is 2. The van der Waals surface area contributed by atoms with Crippen molar-refractivity contribution >= 4 is 23.4 Å². The minimum Gasteiger partial charge on any atom is -0.465 e. The molecule has 2 atom stereocenters. The van der Waals surface area contributed by atoms with Gasteiger partial charge in [-0.2, -0.15) is 0 Å². The highest BCUT2D eigenvalue weighted by atomic mass is 32.1. The van der Waals surface area contributed by atoms with Crippen LogP contribution >= 0.6 is 11.3 Å². The van der Waals surface area contributed by atoms with E-state index in [1.807, 2.05) is 36.4 Å². The molecule has 7 nitrogen and oxygen atoms in total. The summed E-state index contributed by atoms with van der Waals surface area (Å²) in [6, 6.07) is 17.8. The Balaban J connectivity index is 1.28. The van der Waals surface area contributed by atoms with E-state index in [-0.39, 0.29) is 30.4 Å². The van der Waals surface area contributed by atoms with Crippen LogP contribution in [0, 0.1) is 0 Å². The molecule has 0 aliphatic heterocycles. The van der Waals surface area contributed by atoms with Crippen LogP contribution in [0.25, 0.3) is 11.1 Å². The number of benzene rings is 2. The van der Waals surface area contributed by atoms with Crippen molar-refractivity contribution in [1.29, 1.82) is 0 Å². The Kier molecular flexibility index (Phi) is 7.08. The maximum atomic E-state index is 12.2. The van der Waals surface area contributed by atoms with Gasteiger partial charge in [0.15, 0.2) is 0 Å². The predicted molar refractivity (Wildman–Crippen MR) is 124 cm³/mol. The van der Waals surface area contributed by atoms with Gasteiger partial charge in [-0.25, -0.2) is 9.59 Å². The number of aliphatic hydroxyl groups excluding tert-OH is 2. The standard InChI is InChI=1S/C25H25NO6S/c1-31-24(29)23-19(11-13-33-23)22(28)21(27)10-12-26-25(30)32-14-20-17-8-4-2-6-15(17)16-7-3-5-9-18(16)20/h2-9,11,13,20-22,27-28H,10,12,14H2,1H3,(H,26,30). The first-order valence-electron chi connectivity index (χ1n) is 10.6. The van der Waals surface area contributed by atoms with Gasteiger partial charge in [-0.05, 0) is 40.1 Å². The SMILES string of the molecule is COC(=O)c1sccc1C(O)C(O)CCNC(=O)OCC1c2ccccc2-c2ccccc21. The Hall–Kier alpha value is -3.20. The molecule has 1 aliphatic rings. The van der Waals surface area contributed by atoms with Gasteiger partial charge in [-0.1, -0.05) is 48.5 Å². The van der Waals surface area contributed by atoms with Gasteiger partial charge >= 0.3 is 12.1 Å². The van der Waals surface area contributed by atoms with E-state index < -0.39 is 24.3 Å². The maximum absolute atomic E-state index is 12.2. The number of hydrogen-bond acceptors (Lipinski definition) is 7. The first-order chi connectivity index (χ1) is 16.0. The van der Waals surface area contributed by atoms with Crippen molar-refractivity contribution in [1.82, 2.24) is 5.32 Å². The molecule has 2 unspecified atom stereocenters. The summed E-state index contributed by atoms with van der Waals surface area (Å²) in [7, 11) is 1.26. The molecule has 2 aromatic carbocycles. The Morgan fingerprint density at radius 2 is 1.67 bits per heavy atom. The van der Waals surface area contributed by atoms with E-state index in [1.54, 1.807) is 11.4 Å². The largest absolute Gasteiger partial charge is 0.465 e. The summed E-state index contributed by atoms with van der Waals surface area (Å²) >= 11 is 1.13. The Morgan fingerprint density at radius 1 is 1.03 bits per heavy atom. The van der Waals surface area contributed by atoms with E-state index in [4.69, 9.17) is 9.47 Å². The average Bonchev–Trinajstić information content (AvgIpc) is 3.45. The van der Waals surface area contributed by atoms with Crippen LogP contribution in [0.15, 0.2) is 60.0 Å². The highest BCUT2D eigenvalue weighted by Gasteiger charge is 2.29. The van der Waals surface area contributed by atoms with Crippen LogP contribution < -0.4 is 5.32 Å². The zero-order valence-electron chi connectivity index (χ0n) is 18.1. The smallest absolute Gasteiger partial charge is 0.407 e. The topological polar surface area (TPSA) is 105 Å². The Bertz CT molecular complexity index is 1100. The molecule has 3 aromatic rings. The summed E-state index contributed by atoms with van der Waals surface area (Å²) in [5.41, 5.74) is 4.86. The van der Waals surface area contributed by atoms with Crippen molar-refractivity contribution in [2.75, 3.05) is 20.3 Å². The van der Waals surface area contributed by atoms with Gasteiger partial charge in [0.25, 0.3) is 0 Å². The minimum atomic E-state index is -1.27. The molecule has 0 spiro atoms. The molecule has 0 fully saturated rings. The maximum Gasteiger partial charge on any atom is 0.407 e. The van der Waals surface area contributed by atoms with E-state index >= 15 is 0 Å². The lowest BCUT2D eigenvalue weighted by Crippen LogP contribution is -2.31. The van der Waals surface area contributed by atoms with Gasteiger partial charge in [0.1, 0.15) is 17.6 Å². The Labute approximate surface area is 195 Å². The second kappa shape index (κ2) is 10.2. The van der Waals surface area contributed by atoms with Crippen molar-refractivity contribution in [2.45, 2.75) is 24.5 Å². The summed E-state index contributed by atoms with van der Waals surface area (Å²) in [6.45, 7) is 0.301. The number of hydrogen-bond donors (Lipinski definition) is 3. The van der Waals surface area contributed by atoms with E-state index in [2.05, 4.69) is 17.4 Å². The lowest BCUT2D eigenvalue weighted by atomic mass is 9.98. The molecule has 0 radical (unpaired) electrons. The predicted octanol–water partition coefficient (Wildman–Crippen LogP) is 3.86. The first kappa shape index (κ1) is 23.0. The van der Waals surface area contributed by atoms with Gasteiger partial charge in [0.2, 0.25) is 0 Å². The third-order valence-corrected chi connectivity index (χ3v) is 6.71. The van der Waals surface area contributed by atoms with E-state index in [9.17, 15) is 19.8 Å². The lowest BCUT2D eigenvalue weighted by Gasteiger charge is -2.19. The van der Waals surface area contributed by atoms with Gasteiger partial charge in [0, 0.05) is 18.0 Å². The molecular weight excluding hydrogens is 442 g/mol. The molecule has 172 valence electrons. The fraction of sp³-hybridized carbons (Fsp3) is 0.280. The third kappa shape index (κ3) is 4.78. The number of alkyl carbamates (subject to hydrolysis) is 1. The van der Waals surface area contributed by atoms with Crippen LogP contribution in [0.4, 0.5) is 4.79 Å². The van der Waals surface area contributed by atoms with Crippen LogP contribution in [-0.2, 0) is 9.47 Å². The summed E-state index contributed by atoms with van der Waals surface area (Å²) < 4.78 is 10.2. The van der Waals surface area contributed by atoms with Crippen molar-refractivity contribution in [3.05, 3.63) is 81.5 Å². The van der Waals surface area contributed by atoms with Crippen LogP contribution in [-0.4, -0.2) is 48.6 Å². The minimum absolute atomic E-state index is 0.0362. The number of amides is 1. The van der Waals surface area contributed by atoms with Crippen LogP contribution in [0.1, 0.15) is 44.8 Å². The quantitative estimate of drug-likeness (QED) is 0.435. The van der Waals surface area contributed by atoms with Crippen LogP contribution in [0.5, 0.6) is 0 Å². The van der Waals surface area contributed by atoms with E-state index in [1.165, 1.54) is 7.11 Å². The van der Waals surface area contributed by atoms with Crippen LogP contribution in [0.2, 0.25) is 0 Å².